The molecule has 0 radical (unpaired) electrons. The molecular formula is C39H79NO3. The third kappa shape index (κ3) is 35.7. The Kier molecular flexibility index (Phi) is 37.0. The second-order valence-electron chi connectivity index (χ2n) is 13.4. The van der Waals surface area contributed by atoms with Gasteiger partial charge in [0, 0.05) is 19.6 Å². The predicted octanol–water partition coefficient (Wildman–Crippen LogP) is 12.1. The van der Waals surface area contributed by atoms with Gasteiger partial charge in [0.25, 0.3) is 0 Å². The normalized spacial score (nSPS) is 11.5. The van der Waals surface area contributed by atoms with Crippen molar-refractivity contribution in [2.24, 2.45) is 5.92 Å². The standard InChI is InChI=1S/C39H79NO3/c1-4-7-10-13-17-23-28-36-43-39(41)32-29-34-40-33-26-21-16-18-22-27-35-42-37-38(30-24-19-14-11-8-5-2)31-25-20-15-12-9-6-3/h38,40H,4-37H2,1-3H3. The fourth-order valence-corrected chi connectivity index (χ4v) is 5.95. The van der Waals surface area contributed by atoms with Crippen LogP contribution in [0.25, 0.3) is 0 Å². The largest absolute Gasteiger partial charge is 0.466 e. The summed E-state index contributed by atoms with van der Waals surface area (Å²) in [5, 5.41) is 3.50. The Morgan fingerprint density at radius 1 is 0.488 bits per heavy atom. The maximum absolute atomic E-state index is 11.9. The van der Waals surface area contributed by atoms with Crippen molar-refractivity contribution in [1.29, 1.82) is 0 Å². The van der Waals surface area contributed by atoms with E-state index in [4.69, 9.17) is 9.47 Å². The van der Waals surface area contributed by atoms with Crippen LogP contribution in [-0.4, -0.2) is 38.9 Å². The van der Waals surface area contributed by atoms with Gasteiger partial charge in [-0.15, -0.1) is 0 Å². The van der Waals surface area contributed by atoms with E-state index in [0.717, 1.165) is 45.1 Å². The minimum atomic E-state index is -0.0251. The highest BCUT2D eigenvalue weighted by molar-refractivity contribution is 5.69. The molecule has 0 unspecified atom stereocenters. The molecule has 0 atom stereocenters. The molecule has 0 heterocycles. The predicted molar refractivity (Wildman–Crippen MR) is 189 cm³/mol. The van der Waals surface area contributed by atoms with E-state index in [2.05, 4.69) is 26.1 Å². The lowest BCUT2D eigenvalue weighted by Crippen LogP contribution is -2.18. The van der Waals surface area contributed by atoms with Crippen LogP contribution in [0, 0.1) is 5.92 Å². The quantitative estimate of drug-likeness (QED) is 0.0562. The minimum absolute atomic E-state index is 0.0251. The van der Waals surface area contributed by atoms with Gasteiger partial charge < -0.3 is 14.8 Å². The summed E-state index contributed by atoms with van der Waals surface area (Å²) in [7, 11) is 0. The SMILES string of the molecule is CCCCCCCCCOC(=O)CCCNCCCCCCCCOCC(CCCCCCCC)CCCCCCCC. The lowest BCUT2D eigenvalue weighted by molar-refractivity contribution is -0.143. The van der Waals surface area contributed by atoms with Crippen LogP contribution in [0.2, 0.25) is 0 Å². The molecule has 0 aromatic heterocycles. The Bertz CT molecular complexity index is 511. The molecule has 0 rings (SSSR count). The van der Waals surface area contributed by atoms with Crippen molar-refractivity contribution in [3.8, 4) is 0 Å². The first-order valence-electron chi connectivity index (χ1n) is 19.7. The minimum Gasteiger partial charge on any atom is -0.466 e. The summed E-state index contributed by atoms with van der Waals surface area (Å²) < 4.78 is 11.6. The van der Waals surface area contributed by atoms with E-state index in [9.17, 15) is 4.79 Å². The van der Waals surface area contributed by atoms with E-state index < -0.39 is 0 Å². The fourth-order valence-electron chi connectivity index (χ4n) is 5.95. The third-order valence-electron chi connectivity index (χ3n) is 8.92. The average Bonchev–Trinajstić information content (AvgIpc) is 3.01. The molecule has 4 nitrogen and oxygen atoms in total. The molecule has 258 valence electrons. The van der Waals surface area contributed by atoms with Gasteiger partial charge in [-0.1, -0.05) is 162 Å². The van der Waals surface area contributed by atoms with Gasteiger partial charge in [-0.05, 0) is 57.5 Å². The van der Waals surface area contributed by atoms with Crippen LogP contribution >= 0.6 is 0 Å². The second kappa shape index (κ2) is 37.6. The molecule has 0 aromatic rings. The van der Waals surface area contributed by atoms with Crippen molar-refractivity contribution in [2.45, 2.75) is 207 Å². The number of ether oxygens (including phenoxy) is 2. The Hall–Kier alpha value is -0.610. The van der Waals surface area contributed by atoms with Gasteiger partial charge in [0.1, 0.15) is 0 Å². The van der Waals surface area contributed by atoms with Crippen LogP contribution in [-0.2, 0) is 14.3 Å². The number of carbonyl (C=O) groups is 1. The highest BCUT2D eigenvalue weighted by Gasteiger charge is 2.09. The first kappa shape index (κ1) is 42.4. The maximum atomic E-state index is 11.9. The maximum Gasteiger partial charge on any atom is 0.305 e. The van der Waals surface area contributed by atoms with Gasteiger partial charge in [-0.25, -0.2) is 0 Å². The summed E-state index contributed by atoms with van der Waals surface area (Å²) >= 11 is 0. The zero-order chi connectivity index (χ0) is 31.3. The molecule has 0 aliphatic carbocycles. The summed E-state index contributed by atoms with van der Waals surface area (Å²) in [4.78, 5) is 11.9. The number of esters is 1. The smallest absolute Gasteiger partial charge is 0.305 e. The highest BCUT2D eigenvalue weighted by Crippen LogP contribution is 2.20. The van der Waals surface area contributed by atoms with Gasteiger partial charge in [0.15, 0.2) is 0 Å². The molecule has 1 N–H and O–H groups in total. The fraction of sp³-hybridized carbons (Fsp3) is 0.974. The molecule has 0 saturated carbocycles. The third-order valence-corrected chi connectivity index (χ3v) is 8.92. The van der Waals surface area contributed by atoms with Crippen molar-refractivity contribution >= 4 is 5.97 Å². The van der Waals surface area contributed by atoms with Crippen LogP contribution < -0.4 is 5.32 Å². The van der Waals surface area contributed by atoms with Gasteiger partial charge >= 0.3 is 5.97 Å². The van der Waals surface area contributed by atoms with Crippen molar-refractivity contribution < 1.29 is 14.3 Å². The molecule has 0 bridgehead atoms. The molecule has 4 heteroatoms. The van der Waals surface area contributed by atoms with E-state index in [-0.39, 0.29) is 5.97 Å². The molecule has 0 aromatic carbocycles. The zero-order valence-corrected chi connectivity index (χ0v) is 29.8. The van der Waals surface area contributed by atoms with Crippen LogP contribution in [0.3, 0.4) is 0 Å². The Labute approximate surface area is 271 Å². The van der Waals surface area contributed by atoms with Crippen molar-refractivity contribution in [2.75, 3.05) is 32.9 Å². The molecule has 0 amide bonds. The highest BCUT2D eigenvalue weighted by atomic mass is 16.5. The average molecular weight is 610 g/mol. The van der Waals surface area contributed by atoms with E-state index >= 15 is 0 Å². The molecule has 0 spiro atoms. The topological polar surface area (TPSA) is 47.6 Å². The van der Waals surface area contributed by atoms with Crippen molar-refractivity contribution in [3.05, 3.63) is 0 Å². The number of rotatable bonds is 37. The summed E-state index contributed by atoms with van der Waals surface area (Å²) in [5.74, 6) is 0.758. The number of hydrogen-bond acceptors (Lipinski definition) is 4. The van der Waals surface area contributed by atoms with E-state index in [1.54, 1.807) is 0 Å². The number of hydrogen-bond donors (Lipinski definition) is 1. The molecule has 0 saturated heterocycles. The van der Waals surface area contributed by atoms with E-state index in [0.29, 0.717) is 13.0 Å². The Morgan fingerprint density at radius 2 is 0.907 bits per heavy atom. The van der Waals surface area contributed by atoms with Crippen LogP contribution in [0.15, 0.2) is 0 Å². The number of nitrogens with one attached hydrogen (secondary N) is 1. The van der Waals surface area contributed by atoms with Gasteiger partial charge in [-0.3, -0.25) is 4.79 Å². The lowest BCUT2D eigenvalue weighted by Gasteiger charge is -2.17. The first-order valence-corrected chi connectivity index (χ1v) is 19.7. The van der Waals surface area contributed by atoms with Crippen molar-refractivity contribution in [3.63, 3.8) is 0 Å². The van der Waals surface area contributed by atoms with E-state index in [1.165, 1.54) is 167 Å². The van der Waals surface area contributed by atoms with Gasteiger partial charge in [0.2, 0.25) is 0 Å². The molecule has 43 heavy (non-hydrogen) atoms. The van der Waals surface area contributed by atoms with Crippen LogP contribution in [0.4, 0.5) is 0 Å². The molecule has 0 aliphatic heterocycles. The number of unbranched alkanes of at least 4 members (excludes halogenated alkanes) is 21. The Balaban J connectivity index is 3.57. The summed E-state index contributed by atoms with van der Waals surface area (Å²) in [5.41, 5.74) is 0. The van der Waals surface area contributed by atoms with Gasteiger partial charge in [0.05, 0.1) is 6.61 Å². The van der Waals surface area contributed by atoms with Crippen LogP contribution in [0.5, 0.6) is 0 Å². The van der Waals surface area contributed by atoms with E-state index in [1.807, 2.05) is 0 Å². The molecule has 0 fully saturated rings. The number of carbonyl (C=O) groups excluding carboxylic acids is 1. The lowest BCUT2D eigenvalue weighted by atomic mass is 9.95. The van der Waals surface area contributed by atoms with Crippen molar-refractivity contribution in [1.82, 2.24) is 5.32 Å². The first-order chi connectivity index (χ1) is 21.2. The Morgan fingerprint density at radius 3 is 1.44 bits per heavy atom. The molecular weight excluding hydrogens is 530 g/mol. The monoisotopic (exact) mass is 610 g/mol. The zero-order valence-electron chi connectivity index (χ0n) is 29.8. The van der Waals surface area contributed by atoms with Gasteiger partial charge in [-0.2, -0.15) is 0 Å². The van der Waals surface area contributed by atoms with Crippen LogP contribution in [0.1, 0.15) is 207 Å². The molecule has 0 aliphatic rings. The summed E-state index contributed by atoms with van der Waals surface area (Å²) in [6.07, 6.45) is 37.4. The second-order valence-corrected chi connectivity index (χ2v) is 13.4. The summed E-state index contributed by atoms with van der Waals surface area (Å²) in [6, 6.07) is 0. The summed E-state index contributed by atoms with van der Waals surface area (Å²) in [6.45, 7) is 11.4.